The molecular weight excluding hydrogens is 983 g/mol. The molecule has 0 saturated carbocycles. The van der Waals surface area contributed by atoms with Gasteiger partial charge in [-0.15, -0.1) is 0 Å². The predicted octanol–water partition coefficient (Wildman–Crippen LogP) is 18.4. The second kappa shape index (κ2) is 59.3. The van der Waals surface area contributed by atoms with Gasteiger partial charge in [-0.05, 0) is 70.6 Å². The first kappa shape index (κ1) is 75.2. The molecule has 0 aromatic rings. The summed E-state index contributed by atoms with van der Waals surface area (Å²) in [5, 5.41) is 54.6. The zero-order chi connectivity index (χ0) is 57.2. The molecule has 1 fully saturated rings. The Balaban J connectivity index is 2.10. The van der Waals surface area contributed by atoms with Crippen molar-refractivity contribution in [2.24, 2.45) is 0 Å². The molecule has 464 valence electrons. The van der Waals surface area contributed by atoms with E-state index in [0.29, 0.717) is 6.42 Å². The molecule has 0 spiro atoms. The number of carbonyl (C=O) groups excluding carboxylic acids is 1. The van der Waals surface area contributed by atoms with Gasteiger partial charge in [0.2, 0.25) is 5.91 Å². The van der Waals surface area contributed by atoms with Crippen molar-refractivity contribution >= 4 is 5.91 Å². The highest BCUT2D eigenvalue weighted by molar-refractivity contribution is 5.76. The zero-order valence-corrected chi connectivity index (χ0v) is 51.9. The lowest BCUT2D eigenvalue weighted by molar-refractivity contribution is -0.302. The molecule has 1 saturated heterocycles. The smallest absolute Gasteiger partial charge is 0.220 e. The van der Waals surface area contributed by atoms with Gasteiger partial charge in [0.05, 0.1) is 25.4 Å². The first-order valence-corrected chi connectivity index (χ1v) is 34.4. The van der Waals surface area contributed by atoms with E-state index in [0.717, 1.165) is 44.9 Å². The van der Waals surface area contributed by atoms with E-state index in [2.05, 4.69) is 55.6 Å². The molecule has 0 aliphatic carbocycles. The molecule has 0 aromatic heterocycles. The molecule has 1 heterocycles. The second-order valence-corrected chi connectivity index (χ2v) is 24.0. The van der Waals surface area contributed by atoms with Gasteiger partial charge in [-0.25, -0.2) is 0 Å². The number of nitrogens with one attached hydrogen (secondary N) is 1. The summed E-state index contributed by atoms with van der Waals surface area (Å²) in [6.45, 7) is 3.79. The molecule has 1 amide bonds. The van der Waals surface area contributed by atoms with Crippen molar-refractivity contribution in [2.75, 3.05) is 13.2 Å². The van der Waals surface area contributed by atoms with Crippen LogP contribution in [-0.2, 0) is 14.3 Å². The third-order valence-electron chi connectivity index (χ3n) is 16.4. The number of hydrogen-bond acceptors (Lipinski definition) is 8. The fourth-order valence-corrected chi connectivity index (χ4v) is 11.0. The number of ether oxygens (including phenoxy) is 2. The van der Waals surface area contributed by atoms with Crippen LogP contribution in [0.15, 0.2) is 48.6 Å². The molecule has 9 heteroatoms. The summed E-state index contributed by atoms with van der Waals surface area (Å²) < 4.78 is 11.3. The van der Waals surface area contributed by atoms with Gasteiger partial charge in [0.15, 0.2) is 6.29 Å². The van der Waals surface area contributed by atoms with Crippen LogP contribution in [0, 0.1) is 0 Å². The Morgan fingerprint density at radius 1 is 0.418 bits per heavy atom. The van der Waals surface area contributed by atoms with Gasteiger partial charge in [-0.2, -0.15) is 0 Å². The molecule has 6 N–H and O–H groups in total. The van der Waals surface area contributed by atoms with Crippen LogP contribution < -0.4 is 5.32 Å². The van der Waals surface area contributed by atoms with E-state index in [1.807, 2.05) is 6.08 Å². The van der Waals surface area contributed by atoms with Crippen molar-refractivity contribution in [2.45, 2.75) is 378 Å². The van der Waals surface area contributed by atoms with Gasteiger partial charge in [0.25, 0.3) is 0 Å². The molecule has 0 bridgehead atoms. The molecule has 1 aliphatic rings. The number of unbranched alkanes of at least 4 members (excludes halogenated alkanes) is 44. The van der Waals surface area contributed by atoms with Crippen molar-refractivity contribution in [3.63, 3.8) is 0 Å². The first-order valence-electron chi connectivity index (χ1n) is 34.4. The fraction of sp³-hybridized carbons (Fsp3) is 0.871. The van der Waals surface area contributed by atoms with Crippen LogP contribution in [-0.4, -0.2) is 87.5 Å². The summed E-state index contributed by atoms with van der Waals surface area (Å²) in [6.07, 6.45) is 73.7. The van der Waals surface area contributed by atoms with Crippen molar-refractivity contribution < 1.29 is 39.8 Å². The predicted molar refractivity (Wildman–Crippen MR) is 336 cm³/mol. The highest BCUT2D eigenvalue weighted by Gasteiger charge is 2.44. The van der Waals surface area contributed by atoms with E-state index in [4.69, 9.17) is 9.47 Å². The minimum absolute atomic E-state index is 0.186. The van der Waals surface area contributed by atoms with Crippen LogP contribution in [0.4, 0.5) is 0 Å². The number of rotatable bonds is 60. The molecule has 7 atom stereocenters. The minimum Gasteiger partial charge on any atom is -0.394 e. The van der Waals surface area contributed by atoms with E-state index in [-0.39, 0.29) is 12.5 Å². The van der Waals surface area contributed by atoms with E-state index in [9.17, 15) is 30.3 Å². The SMILES string of the molecule is CCCCCCCCCCC/C=C/CC/C=C/CC/C=C/C(O)C(COC1OC(CO)C(O)C(O)C1O)NC(=O)CCCCCCCCCCCCCCCCCCC/C=C\CCCCCCCCCCCCCCCCCC. The summed E-state index contributed by atoms with van der Waals surface area (Å²) in [4.78, 5) is 13.1. The Morgan fingerprint density at radius 3 is 1.06 bits per heavy atom. The Kier molecular flexibility index (Phi) is 56.4. The van der Waals surface area contributed by atoms with E-state index >= 15 is 0 Å². The summed E-state index contributed by atoms with van der Waals surface area (Å²) in [6, 6.07) is -0.829. The van der Waals surface area contributed by atoms with Crippen molar-refractivity contribution in [1.29, 1.82) is 0 Å². The number of aliphatic hydroxyl groups is 5. The summed E-state index contributed by atoms with van der Waals surface area (Å²) >= 11 is 0. The number of amides is 1. The third-order valence-corrected chi connectivity index (χ3v) is 16.4. The van der Waals surface area contributed by atoms with E-state index in [1.165, 1.54) is 270 Å². The third kappa shape index (κ3) is 48.3. The molecule has 1 aliphatic heterocycles. The summed E-state index contributed by atoms with van der Waals surface area (Å²) in [7, 11) is 0. The van der Waals surface area contributed by atoms with Crippen LogP contribution in [0.25, 0.3) is 0 Å². The standard InChI is InChI=1S/C70H131NO8/c1-3-5-7-9-11-13-15-17-19-21-23-24-25-26-27-28-29-30-31-32-33-34-35-36-37-38-39-40-42-44-46-48-50-52-54-56-58-60-66(74)71-63(62-78-70-69(77)68(76)67(75)65(61-72)79-70)64(73)59-57-55-53-51-49-47-45-43-41-22-20-18-16-14-12-10-8-6-4-2/h30-31,41,43,49,51,57,59,63-65,67-70,72-73,75-77H,3-29,32-40,42,44-48,50,52-56,58,60-62H2,1-2H3,(H,71,74)/b31-30-,43-41+,51-49+,59-57+. The highest BCUT2D eigenvalue weighted by Crippen LogP contribution is 2.23. The number of allylic oxidation sites excluding steroid dienone is 7. The quantitative estimate of drug-likeness (QED) is 0.0261. The van der Waals surface area contributed by atoms with E-state index < -0.39 is 49.5 Å². The molecule has 0 aromatic carbocycles. The largest absolute Gasteiger partial charge is 0.394 e. The Hall–Kier alpha value is -1.85. The average Bonchev–Trinajstić information content (AvgIpc) is 3.47. The van der Waals surface area contributed by atoms with E-state index in [1.54, 1.807) is 6.08 Å². The minimum atomic E-state index is -1.58. The van der Waals surface area contributed by atoms with Crippen molar-refractivity contribution in [3.8, 4) is 0 Å². The molecule has 1 rings (SSSR count). The summed E-state index contributed by atoms with van der Waals surface area (Å²) in [5.41, 5.74) is 0. The monoisotopic (exact) mass is 1110 g/mol. The topological polar surface area (TPSA) is 149 Å². The Labute approximate surface area is 488 Å². The normalized spacial score (nSPS) is 18.8. The maximum absolute atomic E-state index is 13.1. The second-order valence-electron chi connectivity index (χ2n) is 24.0. The molecule has 7 unspecified atom stereocenters. The lowest BCUT2D eigenvalue weighted by Gasteiger charge is -2.40. The van der Waals surface area contributed by atoms with Crippen LogP contribution >= 0.6 is 0 Å². The van der Waals surface area contributed by atoms with Gasteiger partial charge in [0, 0.05) is 6.42 Å². The van der Waals surface area contributed by atoms with Gasteiger partial charge >= 0.3 is 0 Å². The number of hydrogen-bond donors (Lipinski definition) is 6. The maximum atomic E-state index is 13.1. The fourth-order valence-electron chi connectivity index (χ4n) is 11.0. The van der Waals surface area contributed by atoms with Crippen molar-refractivity contribution in [1.82, 2.24) is 5.32 Å². The molecular formula is C70H131NO8. The zero-order valence-electron chi connectivity index (χ0n) is 51.9. The lowest BCUT2D eigenvalue weighted by atomic mass is 9.99. The Morgan fingerprint density at radius 2 is 0.722 bits per heavy atom. The highest BCUT2D eigenvalue weighted by atomic mass is 16.7. The Bertz CT molecular complexity index is 1380. The van der Waals surface area contributed by atoms with Gasteiger partial charge in [0.1, 0.15) is 24.4 Å². The van der Waals surface area contributed by atoms with Crippen LogP contribution in [0.5, 0.6) is 0 Å². The van der Waals surface area contributed by atoms with Gasteiger partial charge in [-0.3, -0.25) is 4.79 Å². The molecule has 0 radical (unpaired) electrons. The maximum Gasteiger partial charge on any atom is 0.220 e. The van der Waals surface area contributed by atoms with Gasteiger partial charge in [-0.1, -0.05) is 306 Å². The first-order chi connectivity index (χ1) is 38.8. The van der Waals surface area contributed by atoms with Crippen LogP contribution in [0.1, 0.15) is 335 Å². The molecule has 79 heavy (non-hydrogen) atoms. The van der Waals surface area contributed by atoms with Gasteiger partial charge < -0.3 is 40.3 Å². The van der Waals surface area contributed by atoms with Crippen molar-refractivity contribution in [3.05, 3.63) is 48.6 Å². The number of aliphatic hydroxyl groups excluding tert-OH is 5. The van der Waals surface area contributed by atoms with Crippen LogP contribution in [0.3, 0.4) is 0 Å². The molecule has 9 nitrogen and oxygen atoms in total. The average molecular weight is 1110 g/mol. The number of carbonyl (C=O) groups is 1. The lowest BCUT2D eigenvalue weighted by Crippen LogP contribution is -2.60. The van der Waals surface area contributed by atoms with Crippen LogP contribution in [0.2, 0.25) is 0 Å². The summed E-state index contributed by atoms with van der Waals surface area (Å²) in [5.74, 6) is -0.186.